The molecular formula is C16H20N2O. The zero-order chi connectivity index (χ0) is 13.7. The van der Waals surface area contributed by atoms with Crippen LogP contribution in [0.1, 0.15) is 25.0 Å². The quantitative estimate of drug-likeness (QED) is 0.886. The summed E-state index contributed by atoms with van der Waals surface area (Å²) in [6, 6.07) is 12.4. The summed E-state index contributed by atoms with van der Waals surface area (Å²) in [5.41, 5.74) is 2.35. The van der Waals surface area contributed by atoms with E-state index in [1.165, 1.54) is 11.1 Å². The summed E-state index contributed by atoms with van der Waals surface area (Å²) in [5, 5.41) is 3.38. The highest BCUT2D eigenvalue weighted by molar-refractivity contribution is 5.31. The van der Waals surface area contributed by atoms with E-state index in [9.17, 15) is 0 Å². The van der Waals surface area contributed by atoms with Gasteiger partial charge in [-0.15, -0.1) is 0 Å². The molecule has 0 bridgehead atoms. The van der Waals surface area contributed by atoms with Crippen molar-refractivity contribution >= 4 is 0 Å². The van der Waals surface area contributed by atoms with Gasteiger partial charge < -0.3 is 10.1 Å². The average Bonchev–Trinajstić information content (AvgIpc) is 2.37. The summed E-state index contributed by atoms with van der Waals surface area (Å²) in [4.78, 5) is 4.24. The van der Waals surface area contributed by atoms with Crippen LogP contribution in [0, 0.1) is 6.92 Å². The Hall–Kier alpha value is -1.87. The van der Waals surface area contributed by atoms with Gasteiger partial charge in [-0.2, -0.15) is 0 Å². The van der Waals surface area contributed by atoms with Crippen molar-refractivity contribution < 1.29 is 4.74 Å². The van der Waals surface area contributed by atoms with Gasteiger partial charge in [0.1, 0.15) is 5.75 Å². The molecule has 2 rings (SSSR count). The molecular weight excluding hydrogens is 236 g/mol. The van der Waals surface area contributed by atoms with Gasteiger partial charge in [-0.3, -0.25) is 0 Å². The highest BCUT2D eigenvalue weighted by atomic mass is 16.5. The third kappa shape index (κ3) is 4.38. The Labute approximate surface area is 114 Å². The van der Waals surface area contributed by atoms with Gasteiger partial charge in [0.2, 0.25) is 5.88 Å². The van der Waals surface area contributed by atoms with Gasteiger partial charge in [0.05, 0.1) is 0 Å². The molecule has 0 saturated carbocycles. The van der Waals surface area contributed by atoms with Crippen molar-refractivity contribution in [1.82, 2.24) is 10.3 Å². The van der Waals surface area contributed by atoms with E-state index in [4.69, 9.17) is 4.74 Å². The molecule has 1 heterocycles. The second kappa shape index (κ2) is 6.34. The minimum Gasteiger partial charge on any atom is -0.439 e. The maximum atomic E-state index is 5.77. The Morgan fingerprint density at radius 1 is 1.21 bits per heavy atom. The molecule has 1 aromatic heterocycles. The Bertz CT molecular complexity index is 538. The molecule has 1 N–H and O–H groups in total. The van der Waals surface area contributed by atoms with Crippen LogP contribution < -0.4 is 10.1 Å². The molecule has 0 aliphatic carbocycles. The van der Waals surface area contributed by atoms with Crippen LogP contribution in [0.15, 0.2) is 42.6 Å². The molecule has 3 heteroatoms. The number of pyridine rings is 1. The summed E-state index contributed by atoms with van der Waals surface area (Å²) in [5.74, 6) is 1.45. The lowest BCUT2D eigenvalue weighted by Crippen LogP contribution is -2.21. The number of nitrogens with zero attached hydrogens (tertiary/aromatic N) is 1. The van der Waals surface area contributed by atoms with Crippen LogP contribution in [-0.4, -0.2) is 11.0 Å². The van der Waals surface area contributed by atoms with Crippen molar-refractivity contribution in [3.63, 3.8) is 0 Å². The van der Waals surface area contributed by atoms with Gasteiger partial charge in [0, 0.05) is 24.8 Å². The van der Waals surface area contributed by atoms with E-state index >= 15 is 0 Å². The van der Waals surface area contributed by atoms with E-state index in [0.29, 0.717) is 11.9 Å². The fraction of sp³-hybridized carbons (Fsp3) is 0.312. The van der Waals surface area contributed by atoms with Crippen LogP contribution in [0.2, 0.25) is 0 Å². The van der Waals surface area contributed by atoms with Crippen LogP contribution in [0.5, 0.6) is 11.6 Å². The highest BCUT2D eigenvalue weighted by Gasteiger charge is 2.01. The second-order valence-corrected chi connectivity index (χ2v) is 4.96. The van der Waals surface area contributed by atoms with Crippen LogP contribution in [-0.2, 0) is 6.54 Å². The maximum Gasteiger partial charge on any atom is 0.219 e. The van der Waals surface area contributed by atoms with Gasteiger partial charge in [0.25, 0.3) is 0 Å². The Morgan fingerprint density at radius 2 is 2.05 bits per heavy atom. The summed E-state index contributed by atoms with van der Waals surface area (Å²) >= 11 is 0. The van der Waals surface area contributed by atoms with E-state index < -0.39 is 0 Å². The van der Waals surface area contributed by atoms with Crippen molar-refractivity contribution in [3.05, 3.63) is 53.7 Å². The Kier molecular flexibility index (Phi) is 4.53. The largest absolute Gasteiger partial charge is 0.439 e. The third-order valence-corrected chi connectivity index (χ3v) is 2.73. The first-order valence-corrected chi connectivity index (χ1v) is 6.56. The van der Waals surface area contributed by atoms with Crippen molar-refractivity contribution in [2.45, 2.75) is 33.4 Å². The fourth-order valence-electron chi connectivity index (χ4n) is 1.74. The lowest BCUT2D eigenvalue weighted by Gasteiger charge is -2.10. The summed E-state index contributed by atoms with van der Waals surface area (Å²) < 4.78 is 5.77. The standard InChI is InChI=1S/C16H20N2O/c1-12(2)18-11-14-7-8-17-16(10-14)19-15-6-4-5-13(3)9-15/h4-10,12,18H,11H2,1-3H3. The maximum absolute atomic E-state index is 5.77. The molecule has 0 fully saturated rings. The Morgan fingerprint density at radius 3 is 2.79 bits per heavy atom. The van der Waals surface area contributed by atoms with Gasteiger partial charge in [-0.05, 0) is 36.2 Å². The minimum absolute atomic E-state index is 0.467. The van der Waals surface area contributed by atoms with Crippen molar-refractivity contribution in [1.29, 1.82) is 0 Å². The number of ether oxygens (including phenoxy) is 1. The van der Waals surface area contributed by atoms with E-state index in [2.05, 4.69) is 24.1 Å². The molecule has 0 aliphatic rings. The number of hydrogen-bond donors (Lipinski definition) is 1. The molecule has 100 valence electrons. The third-order valence-electron chi connectivity index (χ3n) is 2.73. The first-order chi connectivity index (χ1) is 9.13. The normalized spacial score (nSPS) is 10.7. The topological polar surface area (TPSA) is 34.1 Å². The predicted molar refractivity (Wildman–Crippen MR) is 77.5 cm³/mol. The monoisotopic (exact) mass is 256 g/mol. The lowest BCUT2D eigenvalue weighted by atomic mass is 10.2. The van der Waals surface area contributed by atoms with E-state index in [0.717, 1.165) is 12.3 Å². The predicted octanol–water partition coefficient (Wildman–Crippen LogP) is 3.68. The number of rotatable bonds is 5. The van der Waals surface area contributed by atoms with Crippen LogP contribution in [0.3, 0.4) is 0 Å². The van der Waals surface area contributed by atoms with Gasteiger partial charge in [-0.25, -0.2) is 4.98 Å². The molecule has 3 nitrogen and oxygen atoms in total. The average molecular weight is 256 g/mol. The molecule has 0 radical (unpaired) electrons. The molecule has 0 saturated heterocycles. The first-order valence-electron chi connectivity index (χ1n) is 6.56. The van der Waals surface area contributed by atoms with Crippen molar-refractivity contribution in [2.75, 3.05) is 0 Å². The van der Waals surface area contributed by atoms with Crippen LogP contribution >= 0.6 is 0 Å². The number of aryl methyl sites for hydroxylation is 1. The molecule has 19 heavy (non-hydrogen) atoms. The van der Waals surface area contributed by atoms with Gasteiger partial charge in [0.15, 0.2) is 0 Å². The summed E-state index contributed by atoms with van der Waals surface area (Å²) in [7, 11) is 0. The SMILES string of the molecule is Cc1cccc(Oc2cc(CNC(C)C)ccn2)c1. The number of hydrogen-bond acceptors (Lipinski definition) is 3. The molecule has 2 aromatic rings. The van der Waals surface area contributed by atoms with Crippen molar-refractivity contribution in [2.24, 2.45) is 0 Å². The smallest absolute Gasteiger partial charge is 0.219 e. The lowest BCUT2D eigenvalue weighted by molar-refractivity contribution is 0.461. The van der Waals surface area contributed by atoms with Crippen molar-refractivity contribution in [3.8, 4) is 11.6 Å². The second-order valence-electron chi connectivity index (χ2n) is 4.96. The summed E-state index contributed by atoms with van der Waals surface area (Å²) in [6.45, 7) is 7.13. The number of benzene rings is 1. The number of aromatic nitrogens is 1. The van der Waals surface area contributed by atoms with Gasteiger partial charge in [-0.1, -0.05) is 26.0 Å². The minimum atomic E-state index is 0.467. The first kappa shape index (κ1) is 13.6. The molecule has 0 atom stereocenters. The summed E-state index contributed by atoms with van der Waals surface area (Å²) in [6.07, 6.45) is 1.78. The van der Waals surface area contributed by atoms with Crippen LogP contribution in [0.4, 0.5) is 0 Å². The molecule has 0 aliphatic heterocycles. The number of nitrogens with one attached hydrogen (secondary N) is 1. The van der Waals surface area contributed by atoms with E-state index in [-0.39, 0.29) is 0 Å². The zero-order valence-corrected chi connectivity index (χ0v) is 11.7. The molecule has 0 unspecified atom stereocenters. The van der Waals surface area contributed by atoms with Gasteiger partial charge >= 0.3 is 0 Å². The molecule has 1 aromatic carbocycles. The molecule has 0 spiro atoms. The Balaban J connectivity index is 2.06. The molecule has 0 amide bonds. The highest BCUT2D eigenvalue weighted by Crippen LogP contribution is 2.20. The van der Waals surface area contributed by atoms with Crippen LogP contribution in [0.25, 0.3) is 0 Å². The zero-order valence-electron chi connectivity index (χ0n) is 11.7. The van der Waals surface area contributed by atoms with E-state index in [1.807, 2.05) is 43.3 Å². The van der Waals surface area contributed by atoms with E-state index in [1.54, 1.807) is 6.20 Å². The fourth-order valence-corrected chi connectivity index (χ4v) is 1.74.